The van der Waals surface area contributed by atoms with E-state index in [9.17, 15) is 9.59 Å². The Morgan fingerprint density at radius 2 is 1.58 bits per heavy atom. The fourth-order valence-corrected chi connectivity index (χ4v) is 1.29. The van der Waals surface area contributed by atoms with Gasteiger partial charge in [-0.1, -0.05) is 0 Å². The standard InChI is InChI=1S/C6H9NO5/c7-5(3(8)9)1-6(12,2-5)4(10)11/h12H,1-2,7H2,(H,8,9)(H,10,11). The van der Waals surface area contributed by atoms with Gasteiger partial charge >= 0.3 is 11.9 Å². The highest BCUT2D eigenvalue weighted by Crippen LogP contribution is 2.39. The van der Waals surface area contributed by atoms with Crippen LogP contribution in [0, 0.1) is 0 Å². The first-order valence-electron chi connectivity index (χ1n) is 3.28. The Balaban J connectivity index is 2.68. The third-order valence-corrected chi connectivity index (χ3v) is 2.04. The summed E-state index contributed by atoms with van der Waals surface area (Å²) in [5.41, 5.74) is 1.71. The lowest BCUT2D eigenvalue weighted by Gasteiger charge is -2.45. The molecule has 0 spiro atoms. The van der Waals surface area contributed by atoms with Crippen LogP contribution in [0.3, 0.4) is 0 Å². The summed E-state index contributed by atoms with van der Waals surface area (Å²) in [5.74, 6) is -2.71. The SMILES string of the molecule is NC1(C(=O)O)CC(O)(C(=O)O)C1. The van der Waals surface area contributed by atoms with Crippen molar-refractivity contribution in [3.63, 3.8) is 0 Å². The molecule has 0 aromatic carbocycles. The van der Waals surface area contributed by atoms with Gasteiger partial charge in [-0.3, -0.25) is 4.79 Å². The van der Waals surface area contributed by atoms with Crippen LogP contribution in [0.15, 0.2) is 0 Å². The maximum atomic E-state index is 10.4. The Bertz CT molecular complexity index is 218. The second-order valence-corrected chi connectivity index (χ2v) is 3.15. The maximum absolute atomic E-state index is 10.4. The van der Waals surface area contributed by atoms with Gasteiger partial charge in [0.25, 0.3) is 0 Å². The molecule has 0 heterocycles. The predicted molar refractivity (Wildman–Crippen MR) is 36.4 cm³/mol. The number of aliphatic carboxylic acids is 2. The molecule has 0 unspecified atom stereocenters. The van der Waals surface area contributed by atoms with Crippen LogP contribution in [0.2, 0.25) is 0 Å². The minimum atomic E-state index is -1.95. The van der Waals surface area contributed by atoms with Crippen LogP contribution in [0.25, 0.3) is 0 Å². The van der Waals surface area contributed by atoms with Crippen LogP contribution in [-0.2, 0) is 9.59 Å². The van der Waals surface area contributed by atoms with E-state index in [1.165, 1.54) is 0 Å². The van der Waals surface area contributed by atoms with Gasteiger partial charge in [-0.25, -0.2) is 4.79 Å². The van der Waals surface area contributed by atoms with E-state index in [0.717, 1.165) is 0 Å². The number of aliphatic hydroxyl groups is 1. The summed E-state index contributed by atoms with van der Waals surface area (Å²) in [5, 5.41) is 26.0. The van der Waals surface area contributed by atoms with Gasteiger partial charge < -0.3 is 21.1 Å². The van der Waals surface area contributed by atoms with Gasteiger partial charge in [0.1, 0.15) is 5.54 Å². The molecule has 0 bridgehead atoms. The van der Waals surface area contributed by atoms with E-state index in [0.29, 0.717) is 0 Å². The Kier molecular flexibility index (Phi) is 1.62. The zero-order valence-corrected chi connectivity index (χ0v) is 6.15. The fraction of sp³-hybridized carbons (Fsp3) is 0.667. The smallest absolute Gasteiger partial charge is 0.335 e. The Labute approximate surface area is 67.6 Å². The molecule has 5 N–H and O–H groups in total. The fourth-order valence-electron chi connectivity index (χ4n) is 1.29. The van der Waals surface area contributed by atoms with Crippen LogP contribution in [0.1, 0.15) is 12.8 Å². The van der Waals surface area contributed by atoms with E-state index < -0.39 is 35.9 Å². The first kappa shape index (κ1) is 8.95. The molecule has 0 aromatic rings. The number of carboxylic acids is 2. The van der Waals surface area contributed by atoms with E-state index in [1.54, 1.807) is 0 Å². The summed E-state index contributed by atoms with van der Waals surface area (Å²) in [4.78, 5) is 20.7. The molecular formula is C6H9NO5. The van der Waals surface area contributed by atoms with Crippen molar-refractivity contribution >= 4 is 11.9 Å². The molecular weight excluding hydrogens is 166 g/mol. The lowest BCUT2D eigenvalue weighted by molar-refractivity contribution is -0.184. The van der Waals surface area contributed by atoms with Gasteiger partial charge in [-0.15, -0.1) is 0 Å². The first-order chi connectivity index (χ1) is 5.30. The van der Waals surface area contributed by atoms with Gasteiger partial charge in [0.2, 0.25) is 0 Å². The minimum absolute atomic E-state index is 0.440. The lowest BCUT2D eigenvalue weighted by Crippen LogP contribution is -2.69. The highest BCUT2D eigenvalue weighted by molar-refractivity contribution is 5.88. The summed E-state index contributed by atoms with van der Waals surface area (Å²) >= 11 is 0. The van der Waals surface area contributed by atoms with Gasteiger partial charge in [-0.05, 0) is 0 Å². The monoisotopic (exact) mass is 175 g/mol. The lowest BCUT2D eigenvalue weighted by atomic mass is 9.65. The van der Waals surface area contributed by atoms with Crippen LogP contribution >= 0.6 is 0 Å². The van der Waals surface area contributed by atoms with Crippen LogP contribution in [0.4, 0.5) is 0 Å². The molecule has 6 nitrogen and oxygen atoms in total. The molecule has 0 radical (unpaired) electrons. The van der Waals surface area contributed by atoms with Gasteiger partial charge in [0.05, 0.1) is 0 Å². The first-order valence-corrected chi connectivity index (χ1v) is 3.28. The highest BCUT2D eigenvalue weighted by Gasteiger charge is 2.60. The van der Waals surface area contributed by atoms with Gasteiger partial charge in [-0.2, -0.15) is 0 Å². The molecule has 6 heteroatoms. The summed E-state index contributed by atoms with van der Waals surface area (Å²) in [7, 11) is 0. The van der Waals surface area contributed by atoms with E-state index in [4.69, 9.17) is 21.1 Å². The molecule has 0 aliphatic heterocycles. The molecule has 0 atom stereocenters. The van der Waals surface area contributed by atoms with Gasteiger partial charge in [0, 0.05) is 12.8 Å². The number of nitrogens with two attached hydrogens (primary N) is 1. The molecule has 1 aliphatic carbocycles. The third kappa shape index (κ3) is 1.05. The Morgan fingerprint density at radius 3 is 1.83 bits per heavy atom. The van der Waals surface area contributed by atoms with E-state index in [-0.39, 0.29) is 0 Å². The zero-order valence-electron chi connectivity index (χ0n) is 6.15. The number of hydrogen-bond donors (Lipinski definition) is 4. The van der Waals surface area contributed by atoms with Crippen LogP contribution in [0.5, 0.6) is 0 Å². The maximum Gasteiger partial charge on any atom is 0.335 e. The molecule has 0 amide bonds. The normalized spacial score (nSPS) is 40.2. The van der Waals surface area contributed by atoms with Gasteiger partial charge in [0.15, 0.2) is 5.60 Å². The van der Waals surface area contributed by atoms with Crippen LogP contribution in [-0.4, -0.2) is 38.4 Å². The van der Waals surface area contributed by atoms with Crippen molar-refractivity contribution in [3.05, 3.63) is 0 Å². The van der Waals surface area contributed by atoms with Crippen molar-refractivity contribution in [1.29, 1.82) is 0 Å². The second kappa shape index (κ2) is 2.18. The Morgan fingerprint density at radius 1 is 1.17 bits per heavy atom. The van der Waals surface area contributed by atoms with Crippen molar-refractivity contribution in [2.75, 3.05) is 0 Å². The summed E-state index contributed by atoms with van der Waals surface area (Å²) in [6.45, 7) is 0. The van der Waals surface area contributed by atoms with Crippen molar-refractivity contribution in [2.45, 2.75) is 24.0 Å². The second-order valence-electron chi connectivity index (χ2n) is 3.15. The number of carbonyl (C=O) groups is 2. The summed E-state index contributed by atoms with van der Waals surface area (Å²) in [6, 6.07) is 0. The topological polar surface area (TPSA) is 121 Å². The number of hydrogen-bond acceptors (Lipinski definition) is 4. The summed E-state index contributed by atoms with van der Waals surface area (Å²) in [6.07, 6.45) is -0.880. The summed E-state index contributed by atoms with van der Waals surface area (Å²) < 4.78 is 0. The number of rotatable bonds is 2. The molecule has 12 heavy (non-hydrogen) atoms. The molecule has 0 saturated heterocycles. The molecule has 1 fully saturated rings. The van der Waals surface area contributed by atoms with Crippen molar-refractivity contribution in [2.24, 2.45) is 5.73 Å². The molecule has 1 saturated carbocycles. The minimum Gasteiger partial charge on any atom is -0.480 e. The average Bonchev–Trinajstić information content (AvgIpc) is 1.83. The van der Waals surface area contributed by atoms with E-state index in [2.05, 4.69) is 0 Å². The van der Waals surface area contributed by atoms with Crippen molar-refractivity contribution in [1.82, 2.24) is 0 Å². The average molecular weight is 175 g/mol. The number of carboxylic acid groups (broad SMARTS) is 2. The molecule has 1 rings (SSSR count). The van der Waals surface area contributed by atoms with Crippen molar-refractivity contribution in [3.8, 4) is 0 Å². The molecule has 1 aliphatic rings. The third-order valence-electron chi connectivity index (χ3n) is 2.04. The predicted octanol–water partition coefficient (Wildman–Crippen LogP) is -1.62. The van der Waals surface area contributed by atoms with Crippen LogP contribution < -0.4 is 5.73 Å². The molecule has 68 valence electrons. The zero-order chi connectivity index (χ0) is 9.57. The van der Waals surface area contributed by atoms with E-state index in [1.807, 2.05) is 0 Å². The van der Waals surface area contributed by atoms with E-state index >= 15 is 0 Å². The Hall–Kier alpha value is -1.14. The largest absolute Gasteiger partial charge is 0.480 e. The highest BCUT2D eigenvalue weighted by atomic mass is 16.4. The quantitative estimate of drug-likeness (QED) is 0.400. The van der Waals surface area contributed by atoms with Crippen molar-refractivity contribution < 1.29 is 24.9 Å². The molecule has 0 aromatic heterocycles.